The average molecular weight is 333 g/mol. The van der Waals surface area contributed by atoms with Gasteiger partial charge in [-0.2, -0.15) is 0 Å². The number of imide groups is 1. The lowest BCUT2D eigenvalue weighted by Crippen LogP contribution is -2.43. The maximum absolute atomic E-state index is 12.7. The molecule has 1 unspecified atom stereocenters. The van der Waals surface area contributed by atoms with Crippen LogP contribution in [0, 0.1) is 0 Å². The molecule has 24 heavy (non-hydrogen) atoms. The SMILES string of the molecule is COCCCN(C)C(=O)CN1C(=O)NC(C)(c2ccccc2)C1=O. The monoisotopic (exact) mass is 333 g/mol. The molecule has 0 bridgehead atoms. The molecule has 0 radical (unpaired) electrons. The molecule has 1 heterocycles. The highest BCUT2D eigenvalue weighted by atomic mass is 16.5. The Morgan fingerprint density at radius 3 is 2.58 bits per heavy atom. The van der Waals surface area contributed by atoms with Gasteiger partial charge in [0, 0.05) is 27.3 Å². The number of ether oxygens (including phenoxy) is 1. The summed E-state index contributed by atoms with van der Waals surface area (Å²) in [5.41, 5.74) is -0.459. The topological polar surface area (TPSA) is 79.0 Å². The molecule has 2 rings (SSSR count). The molecule has 1 aliphatic rings. The standard InChI is InChI=1S/C17H23N3O4/c1-17(13-8-5-4-6-9-13)15(22)20(16(23)18-17)12-14(21)19(2)10-7-11-24-3/h4-6,8-9H,7,10-12H2,1-3H3,(H,18,23). The second-order valence-corrected chi connectivity index (χ2v) is 5.97. The van der Waals surface area contributed by atoms with E-state index in [1.807, 2.05) is 6.07 Å². The number of benzene rings is 1. The third kappa shape index (κ3) is 3.56. The summed E-state index contributed by atoms with van der Waals surface area (Å²) >= 11 is 0. The lowest BCUT2D eigenvalue weighted by molar-refractivity contribution is -0.138. The number of hydrogen-bond acceptors (Lipinski definition) is 4. The van der Waals surface area contributed by atoms with Crippen LogP contribution in [0.25, 0.3) is 0 Å². The number of amides is 4. The van der Waals surface area contributed by atoms with E-state index in [1.54, 1.807) is 45.3 Å². The van der Waals surface area contributed by atoms with E-state index in [9.17, 15) is 14.4 Å². The minimum Gasteiger partial charge on any atom is -0.385 e. The highest BCUT2D eigenvalue weighted by Crippen LogP contribution is 2.28. The first-order valence-corrected chi connectivity index (χ1v) is 7.82. The molecule has 0 aliphatic carbocycles. The predicted octanol–water partition coefficient (Wildman–Crippen LogP) is 0.948. The highest BCUT2D eigenvalue weighted by Gasteiger charge is 2.49. The maximum atomic E-state index is 12.7. The van der Waals surface area contributed by atoms with Crippen molar-refractivity contribution in [3.8, 4) is 0 Å². The number of nitrogens with zero attached hydrogens (tertiary/aromatic N) is 2. The van der Waals surface area contributed by atoms with Crippen molar-refractivity contribution in [2.45, 2.75) is 18.9 Å². The molecule has 1 aliphatic heterocycles. The van der Waals surface area contributed by atoms with Crippen molar-refractivity contribution in [2.75, 3.05) is 33.9 Å². The number of methoxy groups -OCH3 is 1. The van der Waals surface area contributed by atoms with Crippen molar-refractivity contribution in [1.82, 2.24) is 15.1 Å². The van der Waals surface area contributed by atoms with Gasteiger partial charge in [-0.15, -0.1) is 0 Å². The first kappa shape index (κ1) is 17.9. The van der Waals surface area contributed by atoms with Gasteiger partial charge in [0.25, 0.3) is 5.91 Å². The summed E-state index contributed by atoms with van der Waals surface area (Å²) < 4.78 is 4.95. The zero-order valence-corrected chi connectivity index (χ0v) is 14.2. The van der Waals surface area contributed by atoms with Gasteiger partial charge in [0.05, 0.1) is 0 Å². The molecular weight excluding hydrogens is 310 g/mol. The Bertz CT molecular complexity index is 620. The zero-order chi connectivity index (χ0) is 17.7. The number of rotatable bonds is 7. The Morgan fingerprint density at radius 2 is 1.96 bits per heavy atom. The lowest BCUT2D eigenvalue weighted by atomic mass is 9.92. The molecule has 0 saturated carbocycles. The molecule has 1 saturated heterocycles. The Balaban J connectivity index is 2.05. The second kappa shape index (κ2) is 7.44. The summed E-state index contributed by atoms with van der Waals surface area (Å²) in [5.74, 6) is -0.704. The molecule has 7 nitrogen and oxygen atoms in total. The van der Waals surface area contributed by atoms with Gasteiger partial charge in [0.2, 0.25) is 5.91 Å². The van der Waals surface area contributed by atoms with E-state index in [4.69, 9.17) is 4.74 Å². The van der Waals surface area contributed by atoms with Crippen LogP contribution in [0.1, 0.15) is 18.9 Å². The summed E-state index contributed by atoms with van der Waals surface area (Å²) in [7, 11) is 3.24. The number of likely N-dealkylation sites (N-methyl/N-ethyl adjacent to an activating group) is 1. The Kier molecular flexibility index (Phi) is 5.56. The summed E-state index contributed by atoms with van der Waals surface area (Å²) in [6, 6.07) is 8.45. The van der Waals surface area contributed by atoms with Crippen molar-refractivity contribution >= 4 is 17.8 Å². The molecule has 4 amide bonds. The Hall–Kier alpha value is -2.41. The van der Waals surface area contributed by atoms with Crippen LogP contribution in [0.4, 0.5) is 4.79 Å². The normalized spacial score (nSPS) is 20.2. The first-order valence-electron chi connectivity index (χ1n) is 7.82. The smallest absolute Gasteiger partial charge is 0.325 e. The largest absolute Gasteiger partial charge is 0.385 e. The van der Waals surface area contributed by atoms with Crippen molar-refractivity contribution in [2.24, 2.45) is 0 Å². The molecule has 1 N–H and O–H groups in total. The van der Waals surface area contributed by atoms with E-state index in [-0.39, 0.29) is 12.5 Å². The van der Waals surface area contributed by atoms with E-state index >= 15 is 0 Å². The average Bonchev–Trinajstić information content (AvgIpc) is 2.80. The molecule has 1 atom stereocenters. The number of urea groups is 1. The van der Waals surface area contributed by atoms with Gasteiger partial charge in [0.15, 0.2) is 0 Å². The van der Waals surface area contributed by atoms with Gasteiger partial charge >= 0.3 is 6.03 Å². The van der Waals surface area contributed by atoms with Crippen LogP contribution >= 0.6 is 0 Å². The van der Waals surface area contributed by atoms with E-state index in [1.165, 1.54) is 4.90 Å². The van der Waals surface area contributed by atoms with Crippen LogP contribution in [0.5, 0.6) is 0 Å². The fourth-order valence-electron chi connectivity index (χ4n) is 2.63. The highest BCUT2D eigenvalue weighted by molar-refractivity contribution is 6.09. The summed E-state index contributed by atoms with van der Waals surface area (Å²) in [4.78, 5) is 39.6. The van der Waals surface area contributed by atoms with E-state index in [0.717, 1.165) is 4.90 Å². The number of carbonyl (C=O) groups is 3. The predicted molar refractivity (Wildman–Crippen MR) is 88.2 cm³/mol. The molecular formula is C17H23N3O4. The molecule has 1 aromatic carbocycles. The van der Waals surface area contributed by atoms with Crippen LogP contribution in [0.2, 0.25) is 0 Å². The van der Waals surface area contributed by atoms with Crippen molar-refractivity contribution < 1.29 is 19.1 Å². The number of hydrogen-bond donors (Lipinski definition) is 1. The van der Waals surface area contributed by atoms with Gasteiger partial charge in [0.1, 0.15) is 12.1 Å². The fraction of sp³-hybridized carbons (Fsp3) is 0.471. The number of nitrogens with one attached hydrogen (secondary N) is 1. The Labute approximate surface area is 141 Å². The maximum Gasteiger partial charge on any atom is 0.325 e. The minimum atomic E-state index is -1.15. The van der Waals surface area contributed by atoms with Crippen LogP contribution in [0.15, 0.2) is 30.3 Å². The quantitative estimate of drug-likeness (QED) is 0.595. The fourth-order valence-corrected chi connectivity index (χ4v) is 2.63. The third-order valence-electron chi connectivity index (χ3n) is 4.19. The van der Waals surface area contributed by atoms with Gasteiger partial charge in [-0.05, 0) is 18.9 Å². The van der Waals surface area contributed by atoms with Crippen LogP contribution in [-0.2, 0) is 19.9 Å². The first-order chi connectivity index (χ1) is 11.4. The van der Waals surface area contributed by atoms with Crippen LogP contribution in [0.3, 0.4) is 0 Å². The molecule has 0 aromatic heterocycles. The third-order valence-corrected chi connectivity index (χ3v) is 4.19. The zero-order valence-electron chi connectivity index (χ0n) is 14.2. The van der Waals surface area contributed by atoms with Crippen molar-refractivity contribution in [3.63, 3.8) is 0 Å². The van der Waals surface area contributed by atoms with Gasteiger partial charge in [-0.3, -0.25) is 14.5 Å². The second-order valence-electron chi connectivity index (χ2n) is 5.97. The van der Waals surface area contributed by atoms with Gasteiger partial charge in [-0.1, -0.05) is 30.3 Å². The van der Waals surface area contributed by atoms with Crippen LogP contribution < -0.4 is 5.32 Å². The van der Waals surface area contributed by atoms with E-state index in [2.05, 4.69) is 5.32 Å². The molecule has 1 fully saturated rings. The van der Waals surface area contributed by atoms with Crippen molar-refractivity contribution in [1.29, 1.82) is 0 Å². The summed E-state index contributed by atoms with van der Waals surface area (Å²) in [5, 5.41) is 2.69. The van der Waals surface area contributed by atoms with E-state index < -0.39 is 17.5 Å². The number of carbonyl (C=O) groups excluding carboxylic acids is 3. The lowest BCUT2D eigenvalue weighted by Gasteiger charge is -2.23. The van der Waals surface area contributed by atoms with Gasteiger partial charge in [-0.25, -0.2) is 4.79 Å². The Morgan fingerprint density at radius 1 is 1.29 bits per heavy atom. The molecule has 0 spiro atoms. The molecule has 1 aromatic rings. The van der Waals surface area contributed by atoms with E-state index in [0.29, 0.717) is 25.1 Å². The van der Waals surface area contributed by atoms with Crippen molar-refractivity contribution in [3.05, 3.63) is 35.9 Å². The molecule has 7 heteroatoms. The summed E-state index contributed by atoms with van der Waals surface area (Å²) in [6.07, 6.45) is 0.695. The van der Waals surface area contributed by atoms with Crippen LogP contribution in [-0.4, -0.2) is 61.5 Å². The summed E-state index contributed by atoms with van der Waals surface area (Å²) in [6.45, 7) is 2.44. The minimum absolute atomic E-state index is 0.267. The van der Waals surface area contributed by atoms with Gasteiger partial charge < -0.3 is 15.0 Å². The molecule has 130 valence electrons.